The number of nitrogens with zero attached hydrogens (tertiary/aromatic N) is 3. The summed E-state index contributed by atoms with van der Waals surface area (Å²) in [5, 5.41) is 0. The lowest BCUT2D eigenvalue weighted by atomic mass is 10.1. The molecule has 0 saturated heterocycles. The number of Topliss-reactive ketones (excluding diaryl/α,β-unsaturated/α-hetero) is 1. The quantitative estimate of drug-likeness (QED) is 0.549. The number of aromatic nitrogens is 3. The van der Waals surface area contributed by atoms with E-state index in [0.29, 0.717) is 11.3 Å². The van der Waals surface area contributed by atoms with E-state index < -0.39 is 12.6 Å². The van der Waals surface area contributed by atoms with Crippen molar-refractivity contribution in [2.24, 2.45) is 0 Å². The van der Waals surface area contributed by atoms with Gasteiger partial charge in [0.15, 0.2) is 18.1 Å². The van der Waals surface area contributed by atoms with E-state index in [1.54, 1.807) is 25.1 Å². The van der Waals surface area contributed by atoms with Crippen LogP contribution in [-0.4, -0.2) is 32.9 Å². The molecule has 0 spiro atoms. The van der Waals surface area contributed by atoms with Crippen LogP contribution in [0.4, 0.5) is 10.2 Å². The summed E-state index contributed by atoms with van der Waals surface area (Å²) in [5.74, 6) is -1.59. The average molecular weight is 368 g/mol. The first kappa shape index (κ1) is 18.2. The smallest absolute Gasteiger partial charge is 0.361 e. The molecule has 3 rings (SSSR count). The molecule has 8 heteroatoms. The zero-order chi connectivity index (χ0) is 19.6. The van der Waals surface area contributed by atoms with Crippen LogP contribution in [0.2, 0.25) is 0 Å². The van der Waals surface area contributed by atoms with Crippen molar-refractivity contribution in [2.75, 3.05) is 12.3 Å². The normalized spacial score (nSPS) is 10.6. The number of nitrogen functional groups attached to an aromatic ring is 1. The van der Waals surface area contributed by atoms with E-state index in [-0.39, 0.29) is 23.1 Å². The van der Waals surface area contributed by atoms with Gasteiger partial charge in [0.2, 0.25) is 5.78 Å². The number of carbonyl (C=O) groups excluding carboxylic acids is 2. The second-order valence-electron chi connectivity index (χ2n) is 5.89. The summed E-state index contributed by atoms with van der Waals surface area (Å²) in [6.07, 6.45) is 2.66. The van der Waals surface area contributed by atoms with Crippen LogP contribution in [-0.2, 0) is 4.74 Å². The molecule has 0 aliphatic rings. The van der Waals surface area contributed by atoms with Crippen LogP contribution in [0.1, 0.15) is 32.2 Å². The predicted octanol–water partition coefficient (Wildman–Crippen LogP) is 2.65. The van der Waals surface area contributed by atoms with Crippen molar-refractivity contribution in [3.05, 3.63) is 71.2 Å². The third kappa shape index (κ3) is 3.69. The maximum absolute atomic E-state index is 13.2. The molecule has 1 aromatic carbocycles. The van der Waals surface area contributed by atoms with E-state index in [2.05, 4.69) is 9.97 Å². The third-order valence-corrected chi connectivity index (χ3v) is 4.07. The van der Waals surface area contributed by atoms with E-state index >= 15 is 0 Å². The number of esters is 1. The molecule has 138 valence electrons. The Balaban J connectivity index is 1.78. The first-order valence-electron chi connectivity index (χ1n) is 8.10. The molecule has 0 saturated carbocycles. The number of rotatable bonds is 5. The topological polar surface area (TPSA) is 100 Å². The standard InChI is InChI=1S/C19H17FN4O3/c1-11-9-15(12(2)24(11)14-5-3-13(20)4-6-14)16(25)10-27-19(26)17-18(21)23-8-7-22-17/h3-9H,10H2,1-2H3,(H2,21,23). The molecule has 2 aromatic heterocycles. The Morgan fingerprint density at radius 3 is 2.48 bits per heavy atom. The van der Waals surface area contributed by atoms with Gasteiger partial charge in [-0.3, -0.25) is 4.79 Å². The molecular weight excluding hydrogens is 351 g/mol. The summed E-state index contributed by atoms with van der Waals surface area (Å²) < 4.78 is 20.0. The first-order chi connectivity index (χ1) is 12.9. The van der Waals surface area contributed by atoms with Crippen LogP contribution in [0.5, 0.6) is 0 Å². The van der Waals surface area contributed by atoms with Crippen LogP contribution in [0, 0.1) is 19.7 Å². The zero-order valence-electron chi connectivity index (χ0n) is 14.8. The minimum absolute atomic E-state index is 0.0653. The van der Waals surface area contributed by atoms with Crippen molar-refractivity contribution in [3.63, 3.8) is 0 Å². The number of nitrogens with two attached hydrogens (primary N) is 1. The highest BCUT2D eigenvalue weighted by Gasteiger charge is 2.20. The van der Waals surface area contributed by atoms with Crippen molar-refractivity contribution in [1.29, 1.82) is 0 Å². The van der Waals surface area contributed by atoms with Crippen LogP contribution < -0.4 is 5.73 Å². The van der Waals surface area contributed by atoms with E-state index in [9.17, 15) is 14.0 Å². The number of carbonyl (C=O) groups is 2. The Kier molecular flexibility index (Phi) is 4.98. The molecule has 0 fully saturated rings. The molecular formula is C19H17FN4O3. The van der Waals surface area contributed by atoms with E-state index in [1.165, 1.54) is 24.5 Å². The monoisotopic (exact) mass is 368 g/mol. The number of anilines is 1. The fraction of sp³-hybridized carbons (Fsp3) is 0.158. The lowest BCUT2D eigenvalue weighted by Gasteiger charge is -2.10. The maximum Gasteiger partial charge on any atom is 0.361 e. The minimum atomic E-state index is -0.818. The SMILES string of the molecule is Cc1cc(C(=O)COC(=O)c2nccnc2N)c(C)n1-c1ccc(F)cc1. The second-order valence-corrected chi connectivity index (χ2v) is 5.89. The molecule has 2 heterocycles. The predicted molar refractivity (Wildman–Crippen MR) is 96.3 cm³/mol. The molecule has 0 atom stereocenters. The van der Waals surface area contributed by atoms with Crippen molar-refractivity contribution < 1.29 is 18.7 Å². The molecule has 3 aromatic rings. The van der Waals surface area contributed by atoms with Gasteiger partial charge in [-0.25, -0.2) is 19.2 Å². The van der Waals surface area contributed by atoms with Crippen molar-refractivity contribution in [3.8, 4) is 5.69 Å². The van der Waals surface area contributed by atoms with Crippen molar-refractivity contribution in [1.82, 2.24) is 14.5 Å². The van der Waals surface area contributed by atoms with Crippen molar-refractivity contribution in [2.45, 2.75) is 13.8 Å². The van der Waals surface area contributed by atoms with Crippen LogP contribution in [0.25, 0.3) is 5.69 Å². The van der Waals surface area contributed by atoms with Gasteiger partial charge >= 0.3 is 5.97 Å². The number of ketones is 1. The van der Waals surface area contributed by atoms with Crippen LogP contribution in [0.15, 0.2) is 42.7 Å². The lowest BCUT2D eigenvalue weighted by molar-refractivity contribution is 0.0469. The summed E-state index contributed by atoms with van der Waals surface area (Å²) in [5.41, 5.74) is 8.04. The molecule has 7 nitrogen and oxygen atoms in total. The Morgan fingerprint density at radius 1 is 1.15 bits per heavy atom. The highest BCUT2D eigenvalue weighted by atomic mass is 19.1. The molecule has 0 amide bonds. The van der Waals surface area contributed by atoms with Gasteiger partial charge in [0.25, 0.3) is 0 Å². The van der Waals surface area contributed by atoms with E-state index in [4.69, 9.17) is 10.5 Å². The first-order valence-corrected chi connectivity index (χ1v) is 8.10. The molecule has 27 heavy (non-hydrogen) atoms. The number of aryl methyl sites for hydroxylation is 1. The number of hydrogen-bond donors (Lipinski definition) is 1. The van der Waals surface area contributed by atoms with Gasteiger partial charge in [-0.05, 0) is 44.2 Å². The van der Waals surface area contributed by atoms with E-state index in [1.807, 2.05) is 11.5 Å². The van der Waals surface area contributed by atoms with Gasteiger partial charge in [-0.2, -0.15) is 0 Å². The fourth-order valence-corrected chi connectivity index (χ4v) is 2.82. The Morgan fingerprint density at radius 2 is 1.81 bits per heavy atom. The molecule has 0 aliphatic heterocycles. The van der Waals surface area contributed by atoms with Crippen molar-refractivity contribution >= 4 is 17.6 Å². The summed E-state index contributed by atoms with van der Waals surface area (Å²) >= 11 is 0. The summed E-state index contributed by atoms with van der Waals surface area (Å²) in [6, 6.07) is 7.65. The van der Waals surface area contributed by atoms with Crippen LogP contribution >= 0.6 is 0 Å². The number of ether oxygens (including phenoxy) is 1. The Labute approximate surface area is 154 Å². The Bertz CT molecular complexity index is 1010. The van der Waals surface area contributed by atoms with Crippen LogP contribution in [0.3, 0.4) is 0 Å². The van der Waals surface area contributed by atoms with Gasteiger partial charge in [-0.1, -0.05) is 0 Å². The zero-order valence-corrected chi connectivity index (χ0v) is 14.8. The largest absolute Gasteiger partial charge is 0.452 e. The highest BCUT2D eigenvalue weighted by molar-refractivity contribution is 6.01. The van der Waals surface area contributed by atoms with Gasteiger partial charge in [0.1, 0.15) is 5.82 Å². The number of benzene rings is 1. The Hall–Kier alpha value is -3.55. The van der Waals surface area contributed by atoms with E-state index in [0.717, 1.165) is 11.4 Å². The van der Waals surface area contributed by atoms with Gasteiger partial charge in [0.05, 0.1) is 0 Å². The fourth-order valence-electron chi connectivity index (χ4n) is 2.82. The van der Waals surface area contributed by atoms with Gasteiger partial charge < -0.3 is 15.0 Å². The summed E-state index contributed by atoms with van der Waals surface area (Å²) in [6.45, 7) is 3.15. The second kappa shape index (κ2) is 7.36. The van der Waals surface area contributed by atoms with Gasteiger partial charge in [0, 0.05) is 35.0 Å². The molecule has 2 N–H and O–H groups in total. The molecule has 0 unspecified atom stereocenters. The molecule has 0 aliphatic carbocycles. The highest BCUT2D eigenvalue weighted by Crippen LogP contribution is 2.21. The minimum Gasteiger partial charge on any atom is -0.452 e. The average Bonchev–Trinajstić information content (AvgIpc) is 2.95. The number of hydrogen-bond acceptors (Lipinski definition) is 6. The molecule has 0 radical (unpaired) electrons. The summed E-state index contributed by atoms with van der Waals surface area (Å²) in [4.78, 5) is 32.1. The number of halogens is 1. The summed E-state index contributed by atoms with van der Waals surface area (Å²) in [7, 11) is 0. The maximum atomic E-state index is 13.2. The lowest BCUT2D eigenvalue weighted by Crippen LogP contribution is -2.17. The van der Waals surface area contributed by atoms with Gasteiger partial charge in [-0.15, -0.1) is 0 Å². The third-order valence-electron chi connectivity index (χ3n) is 4.07. The molecule has 0 bridgehead atoms.